The molecule has 8 nitrogen and oxygen atoms in total. The molecule has 2 aromatic carbocycles. The smallest absolute Gasteiger partial charge is 0.222 e. The lowest BCUT2D eigenvalue weighted by Crippen LogP contribution is -2.49. The number of nitrogens with zero attached hydrogens (tertiary/aromatic N) is 6. The SMILES string of the molecule is CCC(=O)N1Cc2nc(-c3cccc(F)c3)c(Br)n2C(C)(C)C1.CCC(=O)N1Cc2nc(-c3cccc(F)c3)cn2C(C)(C)C1. The van der Waals surface area contributed by atoms with Crippen molar-refractivity contribution in [2.24, 2.45) is 0 Å². The van der Waals surface area contributed by atoms with E-state index in [1.165, 1.54) is 24.3 Å². The second-order valence-electron chi connectivity index (χ2n) is 12.8. The topological polar surface area (TPSA) is 76.3 Å². The molecule has 2 aliphatic rings. The predicted octanol–water partition coefficient (Wildman–Crippen LogP) is 7.12. The van der Waals surface area contributed by atoms with Crippen molar-refractivity contribution in [1.29, 1.82) is 0 Å². The van der Waals surface area contributed by atoms with Gasteiger partial charge >= 0.3 is 0 Å². The van der Waals surface area contributed by atoms with Crippen molar-refractivity contribution >= 4 is 27.7 Å². The van der Waals surface area contributed by atoms with Gasteiger partial charge < -0.3 is 18.9 Å². The Labute approximate surface area is 271 Å². The fraction of sp³-hybridized carbons (Fsp3) is 0.412. The highest BCUT2D eigenvalue weighted by atomic mass is 79.9. The Morgan fingerprint density at radius 3 is 1.91 bits per heavy atom. The fourth-order valence-electron chi connectivity index (χ4n) is 6.16. The second kappa shape index (κ2) is 12.5. The molecule has 0 radical (unpaired) electrons. The molecule has 0 aliphatic carbocycles. The molecule has 0 unspecified atom stereocenters. The third kappa shape index (κ3) is 6.59. The average molecular weight is 682 g/mol. The monoisotopic (exact) mass is 680 g/mol. The van der Waals surface area contributed by atoms with E-state index in [1.807, 2.05) is 42.0 Å². The first-order chi connectivity index (χ1) is 21.2. The molecule has 11 heteroatoms. The molecule has 2 aromatic heterocycles. The average Bonchev–Trinajstić information content (AvgIpc) is 3.58. The van der Waals surface area contributed by atoms with Crippen LogP contribution in [-0.4, -0.2) is 53.8 Å². The van der Waals surface area contributed by atoms with E-state index in [0.717, 1.165) is 33.1 Å². The molecule has 2 amide bonds. The molecule has 0 N–H and O–H groups in total. The number of hydrogen-bond acceptors (Lipinski definition) is 4. The number of amides is 2. The number of benzene rings is 2. The van der Waals surface area contributed by atoms with E-state index in [1.54, 1.807) is 12.1 Å². The molecule has 45 heavy (non-hydrogen) atoms. The minimum atomic E-state index is -0.289. The van der Waals surface area contributed by atoms with E-state index in [2.05, 4.69) is 62.7 Å². The molecule has 0 bridgehead atoms. The molecule has 0 spiro atoms. The molecule has 238 valence electrons. The van der Waals surface area contributed by atoms with Crippen LogP contribution in [0.1, 0.15) is 66.0 Å². The molecule has 0 atom stereocenters. The fourth-order valence-corrected chi connectivity index (χ4v) is 7.16. The van der Waals surface area contributed by atoms with Crippen LogP contribution in [0.2, 0.25) is 0 Å². The lowest BCUT2D eigenvalue weighted by Gasteiger charge is -2.40. The summed E-state index contributed by atoms with van der Waals surface area (Å²) in [6.45, 7) is 14.3. The normalized spacial score (nSPS) is 16.4. The molecule has 2 aliphatic heterocycles. The molecular formula is C34H39BrF2N6O2. The third-order valence-electron chi connectivity index (χ3n) is 8.28. The van der Waals surface area contributed by atoms with Crippen molar-refractivity contribution in [3.05, 3.63) is 82.6 Å². The van der Waals surface area contributed by atoms with E-state index in [4.69, 9.17) is 0 Å². The van der Waals surface area contributed by atoms with Crippen LogP contribution in [0.25, 0.3) is 22.5 Å². The predicted molar refractivity (Wildman–Crippen MR) is 173 cm³/mol. The molecule has 0 saturated heterocycles. The van der Waals surface area contributed by atoms with Crippen molar-refractivity contribution in [3.8, 4) is 22.5 Å². The number of carbonyl (C=O) groups is 2. The van der Waals surface area contributed by atoms with Gasteiger partial charge in [-0.2, -0.15) is 0 Å². The number of halogens is 3. The number of carbonyl (C=O) groups excluding carboxylic acids is 2. The van der Waals surface area contributed by atoms with Gasteiger partial charge in [-0.15, -0.1) is 0 Å². The van der Waals surface area contributed by atoms with Gasteiger partial charge in [-0.05, 0) is 67.9 Å². The summed E-state index contributed by atoms with van der Waals surface area (Å²) >= 11 is 3.62. The summed E-state index contributed by atoms with van der Waals surface area (Å²) in [5, 5.41) is 0. The zero-order valence-corrected chi connectivity index (χ0v) is 28.2. The summed E-state index contributed by atoms with van der Waals surface area (Å²) in [6.07, 6.45) is 2.93. The number of hydrogen-bond donors (Lipinski definition) is 0. The molecule has 6 rings (SSSR count). The minimum absolute atomic E-state index is 0.121. The molecule has 4 aromatic rings. The minimum Gasteiger partial charge on any atom is -0.333 e. The number of aromatic nitrogens is 4. The van der Waals surface area contributed by atoms with E-state index in [-0.39, 0.29) is 34.5 Å². The first-order valence-electron chi connectivity index (χ1n) is 15.2. The molecule has 0 fully saturated rings. The number of fused-ring (bicyclic) bond motifs is 2. The number of rotatable bonds is 4. The first-order valence-corrected chi connectivity index (χ1v) is 16.0. The van der Waals surface area contributed by atoms with E-state index < -0.39 is 0 Å². The summed E-state index contributed by atoms with van der Waals surface area (Å²) in [5.74, 6) is 1.35. The van der Waals surface area contributed by atoms with E-state index in [0.29, 0.717) is 44.7 Å². The van der Waals surface area contributed by atoms with Crippen LogP contribution >= 0.6 is 15.9 Å². The van der Waals surface area contributed by atoms with Crippen molar-refractivity contribution in [2.75, 3.05) is 13.1 Å². The lowest BCUT2D eigenvalue weighted by atomic mass is 10.0. The highest BCUT2D eigenvalue weighted by Gasteiger charge is 2.37. The first kappa shape index (κ1) is 32.5. The van der Waals surface area contributed by atoms with Gasteiger partial charge in [0.1, 0.15) is 33.6 Å². The number of imidazole rings is 2. The Balaban J connectivity index is 0.000000178. The van der Waals surface area contributed by atoms with Gasteiger partial charge in [0.05, 0.1) is 29.9 Å². The van der Waals surface area contributed by atoms with Gasteiger partial charge in [0.2, 0.25) is 11.8 Å². The maximum atomic E-state index is 13.5. The van der Waals surface area contributed by atoms with Crippen LogP contribution < -0.4 is 0 Å². The van der Waals surface area contributed by atoms with Gasteiger partial charge in [0.25, 0.3) is 0 Å². The summed E-state index contributed by atoms with van der Waals surface area (Å²) in [5.41, 5.74) is 2.42. The van der Waals surface area contributed by atoms with Crippen LogP contribution in [0.3, 0.4) is 0 Å². The van der Waals surface area contributed by atoms with Gasteiger partial charge in [-0.25, -0.2) is 18.7 Å². The van der Waals surface area contributed by atoms with Crippen LogP contribution in [0.15, 0.2) is 59.3 Å². The Kier molecular flexibility index (Phi) is 9.04. The summed E-state index contributed by atoms with van der Waals surface area (Å²) in [4.78, 5) is 37.1. The molecular weight excluding hydrogens is 642 g/mol. The van der Waals surface area contributed by atoms with Gasteiger partial charge in [-0.1, -0.05) is 38.1 Å². The Morgan fingerprint density at radius 1 is 0.800 bits per heavy atom. The Bertz CT molecular complexity index is 1740. The van der Waals surface area contributed by atoms with Crippen molar-refractivity contribution in [3.63, 3.8) is 0 Å². The van der Waals surface area contributed by atoms with Crippen LogP contribution in [0.5, 0.6) is 0 Å². The molecule has 4 heterocycles. The van der Waals surface area contributed by atoms with Crippen LogP contribution in [0.4, 0.5) is 8.78 Å². The highest BCUT2D eigenvalue weighted by Crippen LogP contribution is 2.37. The van der Waals surface area contributed by atoms with Gasteiger partial charge in [0, 0.05) is 43.3 Å². The summed E-state index contributed by atoms with van der Waals surface area (Å²) in [6, 6.07) is 12.8. The summed E-state index contributed by atoms with van der Waals surface area (Å²) < 4.78 is 32.0. The molecule has 0 saturated carbocycles. The standard InChI is InChI=1S/C17H19BrFN3O.C17H20FN3O/c1-4-14(23)21-9-13-20-15(11-6-5-7-12(19)8-11)16(18)22(13)17(2,3)10-21;1-4-16(22)20-10-15-19-14(9-21(15)17(2,3)11-20)12-6-5-7-13(18)8-12/h5-8H,4,9-10H2,1-3H3;5-9H,4,10-11H2,1-3H3. The van der Waals surface area contributed by atoms with E-state index in [9.17, 15) is 18.4 Å². The van der Waals surface area contributed by atoms with E-state index >= 15 is 0 Å². The zero-order valence-electron chi connectivity index (χ0n) is 26.6. The second-order valence-corrected chi connectivity index (χ2v) is 13.5. The lowest BCUT2D eigenvalue weighted by molar-refractivity contribution is -0.134. The van der Waals surface area contributed by atoms with Gasteiger partial charge in [0.15, 0.2) is 0 Å². The third-order valence-corrected chi connectivity index (χ3v) is 9.01. The maximum absolute atomic E-state index is 13.5. The quantitative estimate of drug-likeness (QED) is 0.230. The Hall–Kier alpha value is -3.86. The van der Waals surface area contributed by atoms with Gasteiger partial charge in [-0.3, -0.25) is 9.59 Å². The van der Waals surface area contributed by atoms with Crippen molar-refractivity contribution in [2.45, 2.75) is 78.6 Å². The van der Waals surface area contributed by atoms with Crippen LogP contribution in [0, 0.1) is 11.6 Å². The van der Waals surface area contributed by atoms with Crippen LogP contribution in [-0.2, 0) is 33.8 Å². The van der Waals surface area contributed by atoms with Crippen molar-refractivity contribution in [1.82, 2.24) is 28.9 Å². The largest absolute Gasteiger partial charge is 0.333 e. The Morgan fingerprint density at radius 2 is 1.33 bits per heavy atom. The highest BCUT2D eigenvalue weighted by molar-refractivity contribution is 9.10. The zero-order chi connectivity index (χ0) is 32.7. The summed E-state index contributed by atoms with van der Waals surface area (Å²) in [7, 11) is 0. The maximum Gasteiger partial charge on any atom is 0.222 e. The van der Waals surface area contributed by atoms with Crippen molar-refractivity contribution < 1.29 is 18.4 Å².